The van der Waals surface area contributed by atoms with Crippen molar-refractivity contribution in [1.29, 1.82) is 0 Å². The van der Waals surface area contributed by atoms with E-state index in [-0.39, 0.29) is 12.1 Å². The molecule has 0 aliphatic carbocycles. The molecule has 0 saturated carbocycles. The summed E-state index contributed by atoms with van der Waals surface area (Å²) >= 11 is 6.58. The number of urea groups is 3. The van der Waals surface area contributed by atoms with Gasteiger partial charge >= 0.3 is 18.1 Å². The van der Waals surface area contributed by atoms with Gasteiger partial charge in [0.2, 0.25) is 0 Å². The number of rotatable bonds is 12. The fraction of sp³-hybridized carbons (Fsp3) is 0.152. The van der Waals surface area contributed by atoms with E-state index in [2.05, 4.69) is 36.8 Å². The van der Waals surface area contributed by atoms with E-state index < -0.39 is 6.03 Å². The summed E-state index contributed by atoms with van der Waals surface area (Å²) in [5, 5.41) is 18.3. The van der Waals surface area contributed by atoms with Crippen molar-refractivity contribution in [3.05, 3.63) is 177 Å². The Labute approximate surface area is 338 Å². The summed E-state index contributed by atoms with van der Waals surface area (Å²) in [7, 11) is 0. The molecule has 0 spiro atoms. The maximum absolute atomic E-state index is 13.3. The second-order valence-corrected chi connectivity index (χ2v) is 14.5. The first-order valence-corrected chi connectivity index (χ1v) is 19.0. The number of halogens is 1. The number of para-hydroxylation sites is 1. The first-order chi connectivity index (χ1) is 27.4. The molecule has 0 heterocycles. The molecule has 10 nitrogen and oxygen atoms in total. The van der Waals surface area contributed by atoms with Crippen LogP contribution in [-0.2, 0) is 19.6 Å². The highest BCUT2D eigenvalue weighted by molar-refractivity contribution is 6.30. The lowest BCUT2D eigenvalue weighted by Gasteiger charge is -2.27. The van der Waals surface area contributed by atoms with Gasteiger partial charge in [-0.05, 0) is 111 Å². The number of benzene rings is 6. The highest BCUT2D eigenvalue weighted by atomic mass is 35.5. The Morgan fingerprint density at radius 3 is 1.26 bits per heavy atom. The van der Waals surface area contributed by atoms with Gasteiger partial charge in [0.25, 0.3) is 0 Å². The van der Waals surface area contributed by atoms with E-state index in [4.69, 9.17) is 11.6 Å². The number of carbonyl (C=O) groups is 3. The number of hydrogen-bond acceptors (Lipinski definition) is 4. The predicted molar refractivity (Wildman–Crippen MR) is 233 cm³/mol. The normalized spacial score (nSPS) is 10.8. The Morgan fingerprint density at radius 1 is 0.421 bits per heavy atom. The topological polar surface area (TPSA) is 127 Å². The fourth-order valence-corrected chi connectivity index (χ4v) is 6.42. The maximum atomic E-state index is 13.3. The molecule has 0 aliphatic heterocycles. The Bertz CT molecular complexity index is 2230. The number of aryl methyl sites for hydroxylation is 4. The predicted octanol–water partition coefficient (Wildman–Crippen LogP) is 11.7. The van der Waals surface area contributed by atoms with E-state index in [1.807, 2.05) is 149 Å². The SMILES string of the molecule is Cc1ccc(NC(=O)Nc2ccccc2CN(Cc2cc(C)ccc2NC(=O)Nc2ccc(C)cc2)Cc2cc(Cl)ccc2NC(=O)Nc2ccc(C)cc2)cc1. The number of anilines is 6. The van der Waals surface area contributed by atoms with Crippen LogP contribution in [0.15, 0.2) is 133 Å². The van der Waals surface area contributed by atoms with Gasteiger partial charge in [0, 0.05) is 58.8 Å². The third kappa shape index (κ3) is 11.9. The Balaban J connectivity index is 1.29. The zero-order valence-electron chi connectivity index (χ0n) is 32.4. The summed E-state index contributed by atoms with van der Waals surface area (Å²) in [5.41, 5.74) is 10.6. The standard InChI is InChI=1S/C46H46ClN7O3/c1-30-9-17-38(18-10-30)48-44(55)51-41-8-6-5-7-34(41)27-54(28-35-25-33(4)15-23-42(35)52-45(56)49-39-19-11-31(2)12-20-39)29-36-26-37(47)16-24-43(36)53-46(57)50-40-21-13-32(3)14-22-40/h5-26H,27-29H2,1-4H3,(H2,48,51,55)(H2,49,52,56)(H2,50,53,57). The molecule has 57 heavy (non-hydrogen) atoms. The van der Waals surface area contributed by atoms with Crippen molar-refractivity contribution < 1.29 is 14.4 Å². The Hall–Kier alpha value is -6.62. The molecule has 0 atom stereocenters. The molecule has 290 valence electrons. The van der Waals surface area contributed by atoms with Crippen molar-refractivity contribution in [3.8, 4) is 0 Å². The summed E-state index contributed by atoms with van der Waals surface area (Å²) in [4.78, 5) is 41.9. The first kappa shape index (κ1) is 40.1. The molecule has 0 aromatic heterocycles. The number of carbonyl (C=O) groups excluding carboxylic acids is 3. The highest BCUT2D eigenvalue weighted by Gasteiger charge is 2.18. The molecule has 0 radical (unpaired) electrons. The minimum absolute atomic E-state index is 0.341. The highest BCUT2D eigenvalue weighted by Crippen LogP contribution is 2.28. The van der Waals surface area contributed by atoms with E-state index in [0.717, 1.165) is 38.9 Å². The van der Waals surface area contributed by atoms with Crippen LogP contribution in [0.1, 0.15) is 38.9 Å². The average molecular weight is 780 g/mol. The van der Waals surface area contributed by atoms with E-state index in [1.165, 1.54) is 0 Å². The average Bonchev–Trinajstić information content (AvgIpc) is 3.17. The molecule has 0 bridgehead atoms. The Kier molecular flexibility index (Phi) is 13.2. The van der Waals surface area contributed by atoms with Gasteiger partial charge in [0.05, 0.1) is 0 Å². The molecule has 11 heteroatoms. The van der Waals surface area contributed by atoms with Crippen LogP contribution in [0, 0.1) is 27.7 Å². The molecule has 0 unspecified atom stereocenters. The lowest BCUT2D eigenvalue weighted by Crippen LogP contribution is -2.27. The van der Waals surface area contributed by atoms with Crippen molar-refractivity contribution in [3.63, 3.8) is 0 Å². The van der Waals surface area contributed by atoms with Gasteiger partial charge < -0.3 is 31.9 Å². The second-order valence-electron chi connectivity index (χ2n) is 14.1. The van der Waals surface area contributed by atoms with Crippen LogP contribution < -0.4 is 31.9 Å². The number of nitrogens with one attached hydrogen (secondary N) is 6. The molecule has 0 fully saturated rings. The third-order valence-electron chi connectivity index (χ3n) is 9.20. The second kappa shape index (κ2) is 18.8. The zero-order chi connectivity index (χ0) is 40.3. The molecule has 0 saturated heterocycles. The van der Waals surface area contributed by atoms with Crippen molar-refractivity contribution in [1.82, 2.24) is 4.90 Å². The number of nitrogens with zero attached hydrogens (tertiary/aromatic N) is 1. The van der Waals surface area contributed by atoms with E-state index >= 15 is 0 Å². The summed E-state index contributed by atoms with van der Waals surface area (Å²) in [6.07, 6.45) is 0. The minimum Gasteiger partial charge on any atom is -0.308 e. The summed E-state index contributed by atoms with van der Waals surface area (Å²) in [6.45, 7) is 9.07. The lowest BCUT2D eigenvalue weighted by atomic mass is 10.1. The lowest BCUT2D eigenvalue weighted by molar-refractivity contribution is 0.248. The van der Waals surface area contributed by atoms with Crippen LogP contribution in [0.4, 0.5) is 48.5 Å². The molecule has 6 amide bonds. The third-order valence-corrected chi connectivity index (χ3v) is 9.44. The summed E-state index contributed by atoms with van der Waals surface area (Å²) in [6, 6.07) is 40.5. The van der Waals surface area contributed by atoms with Gasteiger partial charge in [-0.2, -0.15) is 0 Å². The van der Waals surface area contributed by atoms with Gasteiger partial charge in [-0.3, -0.25) is 4.90 Å². The molecular weight excluding hydrogens is 734 g/mol. The first-order valence-electron chi connectivity index (χ1n) is 18.6. The van der Waals surface area contributed by atoms with Crippen LogP contribution in [0.2, 0.25) is 5.02 Å². The monoisotopic (exact) mass is 779 g/mol. The van der Waals surface area contributed by atoms with Crippen molar-refractivity contribution in [2.24, 2.45) is 0 Å². The maximum Gasteiger partial charge on any atom is 0.323 e. The van der Waals surface area contributed by atoms with Crippen molar-refractivity contribution in [2.75, 3.05) is 31.9 Å². The van der Waals surface area contributed by atoms with Gasteiger partial charge in [0.1, 0.15) is 0 Å². The van der Waals surface area contributed by atoms with E-state index in [1.54, 1.807) is 12.1 Å². The smallest absolute Gasteiger partial charge is 0.308 e. The molecule has 6 aromatic carbocycles. The molecule has 0 aliphatic rings. The molecular formula is C46H46ClN7O3. The van der Waals surface area contributed by atoms with Crippen LogP contribution in [-0.4, -0.2) is 23.0 Å². The van der Waals surface area contributed by atoms with Gasteiger partial charge in [-0.15, -0.1) is 0 Å². The van der Waals surface area contributed by atoms with Gasteiger partial charge in [-0.25, -0.2) is 14.4 Å². The fourth-order valence-electron chi connectivity index (χ4n) is 6.23. The van der Waals surface area contributed by atoms with E-state index in [0.29, 0.717) is 58.8 Å². The zero-order valence-corrected chi connectivity index (χ0v) is 33.1. The minimum atomic E-state index is -0.395. The van der Waals surface area contributed by atoms with Gasteiger partial charge in [0.15, 0.2) is 0 Å². The van der Waals surface area contributed by atoms with Crippen LogP contribution in [0.3, 0.4) is 0 Å². The Morgan fingerprint density at radius 2 is 0.789 bits per heavy atom. The number of hydrogen-bond donors (Lipinski definition) is 6. The van der Waals surface area contributed by atoms with Crippen LogP contribution in [0.5, 0.6) is 0 Å². The quantitative estimate of drug-likeness (QED) is 0.0739. The molecule has 6 rings (SSSR count). The largest absolute Gasteiger partial charge is 0.323 e. The van der Waals surface area contributed by atoms with Crippen molar-refractivity contribution >= 4 is 63.8 Å². The van der Waals surface area contributed by atoms with E-state index in [9.17, 15) is 14.4 Å². The van der Waals surface area contributed by atoms with Crippen LogP contribution in [0.25, 0.3) is 0 Å². The summed E-state index contributed by atoms with van der Waals surface area (Å²) in [5.74, 6) is 0. The molecule has 6 N–H and O–H groups in total. The van der Waals surface area contributed by atoms with Gasteiger partial charge in [-0.1, -0.05) is 101 Å². The summed E-state index contributed by atoms with van der Waals surface area (Å²) < 4.78 is 0. The van der Waals surface area contributed by atoms with Crippen molar-refractivity contribution in [2.45, 2.75) is 47.3 Å². The van der Waals surface area contributed by atoms with Crippen LogP contribution >= 0.6 is 11.6 Å². The number of amides is 6. The molecule has 6 aromatic rings.